The number of nitrogens with zero attached hydrogens (tertiary/aromatic N) is 1. The Bertz CT molecular complexity index is 464. The highest BCUT2D eigenvalue weighted by Crippen LogP contribution is 2.20. The Morgan fingerprint density at radius 3 is 2.91 bits per heavy atom. The van der Waals surface area contributed by atoms with E-state index in [0.717, 1.165) is 44.0 Å². The number of rotatable bonds is 8. The molecule has 0 aliphatic carbocycles. The number of likely N-dealkylation sites (tertiary alicyclic amines) is 1. The van der Waals surface area contributed by atoms with E-state index in [-0.39, 0.29) is 0 Å². The molecule has 4 heteroatoms. The lowest BCUT2D eigenvalue weighted by Crippen LogP contribution is -2.34. The Labute approximate surface area is 134 Å². The molecule has 1 N–H and O–H groups in total. The maximum atomic E-state index is 10.2. The number of β-amino-alcohol motifs (C(OH)–C–C–N with tert-alkyl or cyclic N) is 1. The molecule has 1 heterocycles. The number of benzene rings is 1. The van der Waals surface area contributed by atoms with Gasteiger partial charge in [-0.3, -0.25) is 0 Å². The summed E-state index contributed by atoms with van der Waals surface area (Å²) in [5.74, 6) is 1.47. The molecule has 0 saturated carbocycles. The van der Waals surface area contributed by atoms with Gasteiger partial charge in [-0.25, -0.2) is 0 Å². The first-order valence-corrected chi connectivity index (χ1v) is 8.26. The van der Waals surface area contributed by atoms with Crippen molar-refractivity contribution in [2.45, 2.75) is 33.3 Å². The van der Waals surface area contributed by atoms with Crippen LogP contribution in [0, 0.1) is 19.8 Å². The maximum absolute atomic E-state index is 10.2. The molecule has 0 spiro atoms. The van der Waals surface area contributed by atoms with Gasteiger partial charge in [0, 0.05) is 19.7 Å². The summed E-state index contributed by atoms with van der Waals surface area (Å²) in [6.45, 7) is 10.8. The van der Waals surface area contributed by atoms with Gasteiger partial charge in [0.15, 0.2) is 0 Å². The molecule has 0 bridgehead atoms. The largest absolute Gasteiger partial charge is 0.491 e. The van der Waals surface area contributed by atoms with Crippen molar-refractivity contribution in [1.29, 1.82) is 0 Å². The van der Waals surface area contributed by atoms with Crippen LogP contribution in [0.15, 0.2) is 18.2 Å². The van der Waals surface area contributed by atoms with Crippen molar-refractivity contribution < 1.29 is 14.6 Å². The van der Waals surface area contributed by atoms with Crippen molar-refractivity contribution >= 4 is 0 Å². The van der Waals surface area contributed by atoms with Gasteiger partial charge < -0.3 is 19.5 Å². The molecular weight excluding hydrogens is 278 g/mol. The SMILES string of the molecule is CCOCC1CCN(CC(O)COc2ccc(C)cc2C)C1. The van der Waals surface area contributed by atoms with Gasteiger partial charge in [0.25, 0.3) is 0 Å². The summed E-state index contributed by atoms with van der Waals surface area (Å²) in [6, 6.07) is 6.11. The van der Waals surface area contributed by atoms with E-state index in [0.29, 0.717) is 19.1 Å². The summed E-state index contributed by atoms with van der Waals surface area (Å²) in [7, 11) is 0. The molecule has 0 aromatic heterocycles. The number of hydrogen-bond donors (Lipinski definition) is 1. The van der Waals surface area contributed by atoms with Crippen molar-refractivity contribution in [3.05, 3.63) is 29.3 Å². The van der Waals surface area contributed by atoms with Crippen molar-refractivity contribution in [2.75, 3.05) is 39.5 Å². The first-order chi connectivity index (χ1) is 10.6. The molecular formula is C18H29NO3. The number of hydrogen-bond acceptors (Lipinski definition) is 4. The topological polar surface area (TPSA) is 41.9 Å². The fourth-order valence-corrected chi connectivity index (χ4v) is 3.00. The molecule has 1 fully saturated rings. The Balaban J connectivity index is 1.71. The lowest BCUT2D eigenvalue weighted by atomic mass is 10.1. The van der Waals surface area contributed by atoms with Crippen LogP contribution in [-0.4, -0.2) is 55.6 Å². The number of aliphatic hydroxyl groups excluding tert-OH is 1. The number of ether oxygens (including phenoxy) is 2. The summed E-state index contributed by atoms with van der Waals surface area (Å²) < 4.78 is 11.2. The molecule has 0 amide bonds. The molecule has 2 atom stereocenters. The van der Waals surface area contributed by atoms with Crippen LogP contribution in [0.2, 0.25) is 0 Å². The Morgan fingerprint density at radius 1 is 1.36 bits per heavy atom. The zero-order valence-corrected chi connectivity index (χ0v) is 14.0. The Kier molecular flexibility index (Phi) is 6.68. The third-order valence-electron chi connectivity index (χ3n) is 4.16. The minimum atomic E-state index is -0.452. The highest BCUT2D eigenvalue weighted by Gasteiger charge is 2.24. The van der Waals surface area contributed by atoms with Crippen molar-refractivity contribution in [2.24, 2.45) is 5.92 Å². The molecule has 1 aliphatic heterocycles. The van der Waals surface area contributed by atoms with E-state index >= 15 is 0 Å². The van der Waals surface area contributed by atoms with Gasteiger partial charge in [-0.1, -0.05) is 17.7 Å². The molecule has 2 rings (SSSR count). The fraction of sp³-hybridized carbons (Fsp3) is 0.667. The van der Waals surface area contributed by atoms with E-state index in [2.05, 4.69) is 17.9 Å². The van der Waals surface area contributed by atoms with Gasteiger partial charge in [0.1, 0.15) is 18.5 Å². The lowest BCUT2D eigenvalue weighted by Gasteiger charge is -2.21. The Hall–Kier alpha value is -1.10. The summed E-state index contributed by atoms with van der Waals surface area (Å²) >= 11 is 0. The van der Waals surface area contributed by atoms with Gasteiger partial charge in [-0.15, -0.1) is 0 Å². The standard InChI is InChI=1S/C18H29NO3/c1-4-21-12-16-7-8-19(10-16)11-17(20)13-22-18-6-5-14(2)9-15(18)3/h5-6,9,16-17,20H,4,7-8,10-13H2,1-3H3. The molecule has 1 aromatic carbocycles. The molecule has 22 heavy (non-hydrogen) atoms. The van der Waals surface area contributed by atoms with Gasteiger partial charge in [0.05, 0.1) is 6.61 Å². The number of aliphatic hydroxyl groups is 1. The van der Waals surface area contributed by atoms with Crippen molar-refractivity contribution in [1.82, 2.24) is 4.90 Å². The second-order valence-corrected chi connectivity index (χ2v) is 6.31. The minimum Gasteiger partial charge on any atom is -0.491 e. The van der Waals surface area contributed by atoms with Crippen LogP contribution in [0.1, 0.15) is 24.5 Å². The van der Waals surface area contributed by atoms with Crippen molar-refractivity contribution in [3.8, 4) is 5.75 Å². The van der Waals surface area contributed by atoms with E-state index in [9.17, 15) is 5.11 Å². The van der Waals surface area contributed by atoms with Gasteiger partial charge in [-0.05, 0) is 51.3 Å². The second kappa shape index (κ2) is 8.51. The van der Waals surface area contributed by atoms with Crippen LogP contribution in [0.25, 0.3) is 0 Å². The first kappa shape index (κ1) is 17.3. The monoisotopic (exact) mass is 307 g/mol. The first-order valence-electron chi connectivity index (χ1n) is 8.26. The van der Waals surface area contributed by atoms with Crippen molar-refractivity contribution in [3.63, 3.8) is 0 Å². The molecule has 124 valence electrons. The fourth-order valence-electron chi connectivity index (χ4n) is 3.00. The summed E-state index contributed by atoms with van der Waals surface area (Å²) in [4.78, 5) is 2.31. The van der Waals surface area contributed by atoms with E-state index in [1.54, 1.807) is 0 Å². The molecule has 0 radical (unpaired) electrons. The van der Waals surface area contributed by atoms with Gasteiger partial charge >= 0.3 is 0 Å². The van der Waals surface area contributed by atoms with Crippen LogP contribution in [-0.2, 0) is 4.74 Å². The zero-order valence-electron chi connectivity index (χ0n) is 14.0. The predicted molar refractivity (Wildman–Crippen MR) is 88.5 cm³/mol. The number of aryl methyl sites for hydroxylation is 2. The third kappa shape index (κ3) is 5.27. The lowest BCUT2D eigenvalue weighted by molar-refractivity contribution is 0.0699. The Morgan fingerprint density at radius 2 is 2.18 bits per heavy atom. The maximum Gasteiger partial charge on any atom is 0.122 e. The quantitative estimate of drug-likeness (QED) is 0.801. The minimum absolute atomic E-state index is 0.344. The van der Waals surface area contributed by atoms with Crippen LogP contribution in [0.3, 0.4) is 0 Å². The molecule has 1 saturated heterocycles. The third-order valence-corrected chi connectivity index (χ3v) is 4.16. The van der Waals surface area contributed by atoms with Crippen LogP contribution >= 0.6 is 0 Å². The van der Waals surface area contributed by atoms with E-state index in [1.807, 2.05) is 26.0 Å². The zero-order chi connectivity index (χ0) is 15.9. The summed E-state index contributed by atoms with van der Waals surface area (Å²) in [6.07, 6.45) is 0.705. The summed E-state index contributed by atoms with van der Waals surface area (Å²) in [5.41, 5.74) is 2.34. The van der Waals surface area contributed by atoms with Gasteiger partial charge in [-0.2, -0.15) is 0 Å². The van der Waals surface area contributed by atoms with E-state index in [4.69, 9.17) is 9.47 Å². The van der Waals surface area contributed by atoms with E-state index in [1.165, 1.54) is 5.56 Å². The normalized spacial score (nSPS) is 20.3. The molecule has 2 unspecified atom stereocenters. The smallest absolute Gasteiger partial charge is 0.122 e. The average molecular weight is 307 g/mol. The summed E-state index contributed by atoms with van der Waals surface area (Å²) in [5, 5.41) is 10.2. The average Bonchev–Trinajstić information content (AvgIpc) is 2.91. The highest BCUT2D eigenvalue weighted by molar-refractivity contribution is 5.35. The van der Waals surface area contributed by atoms with Gasteiger partial charge in [0.2, 0.25) is 0 Å². The predicted octanol–water partition coefficient (Wildman–Crippen LogP) is 2.40. The highest BCUT2D eigenvalue weighted by atomic mass is 16.5. The van der Waals surface area contributed by atoms with Crippen LogP contribution in [0.5, 0.6) is 5.75 Å². The molecule has 1 aromatic rings. The van der Waals surface area contributed by atoms with E-state index < -0.39 is 6.10 Å². The second-order valence-electron chi connectivity index (χ2n) is 6.31. The molecule has 4 nitrogen and oxygen atoms in total. The van der Waals surface area contributed by atoms with Crippen LogP contribution < -0.4 is 4.74 Å². The molecule has 1 aliphatic rings. The van der Waals surface area contributed by atoms with Crippen LogP contribution in [0.4, 0.5) is 0 Å².